The molecule has 1 aliphatic carbocycles. The maximum Gasteiger partial charge on any atom is 0.194 e. The Kier molecular flexibility index (Phi) is 3.21. The van der Waals surface area contributed by atoms with Gasteiger partial charge in [-0.2, -0.15) is 0 Å². The third-order valence-corrected chi connectivity index (χ3v) is 5.82. The van der Waals surface area contributed by atoms with Crippen molar-refractivity contribution in [3.8, 4) is 28.0 Å². The summed E-state index contributed by atoms with van der Waals surface area (Å²) in [5.74, 6) is 0.333. The SMILES string of the molecule is O=C1c2cc3ccccc3cc2-c2cc3ccc(-c4cccc(O)c4)cc3cc21. The zero-order chi connectivity index (χ0) is 19.5. The number of phenols is 1. The molecule has 1 aliphatic rings. The van der Waals surface area contributed by atoms with Crippen LogP contribution in [0.2, 0.25) is 0 Å². The van der Waals surface area contributed by atoms with Gasteiger partial charge < -0.3 is 5.11 Å². The Labute approximate surface area is 167 Å². The number of hydrogen-bond donors (Lipinski definition) is 1. The number of hydrogen-bond acceptors (Lipinski definition) is 2. The largest absolute Gasteiger partial charge is 0.508 e. The monoisotopic (exact) mass is 372 g/mol. The van der Waals surface area contributed by atoms with Gasteiger partial charge in [-0.1, -0.05) is 48.5 Å². The lowest BCUT2D eigenvalue weighted by Gasteiger charge is -2.08. The Morgan fingerprint density at radius 3 is 1.76 bits per heavy atom. The first-order valence-electron chi connectivity index (χ1n) is 9.62. The number of ketones is 1. The summed E-state index contributed by atoms with van der Waals surface area (Å²) in [4.78, 5) is 13.1. The van der Waals surface area contributed by atoms with Gasteiger partial charge in [0.2, 0.25) is 0 Å². The van der Waals surface area contributed by atoms with Gasteiger partial charge in [-0.25, -0.2) is 0 Å². The van der Waals surface area contributed by atoms with Crippen LogP contribution in [-0.2, 0) is 0 Å². The maximum absolute atomic E-state index is 13.1. The normalized spacial score (nSPS) is 12.3. The minimum atomic E-state index is 0.0883. The highest BCUT2D eigenvalue weighted by molar-refractivity contribution is 6.25. The highest BCUT2D eigenvalue weighted by Crippen LogP contribution is 2.41. The standard InChI is InChI=1S/C27H16O2/c28-22-7-3-6-16(11-22)19-8-9-20-13-24-23-12-17-4-1-2-5-18(17)14-25(23)27(29)26(24)15-21(20)10-19/h1-15,28H. The van der Waals surface area contributed by atoms with Gasteiger partial charge in [0.25, 0.3) is 0 Å². The first-order valence-corrected chi connectivity index (χ1v) is 9.62. The van der Waals surface area contributed by atoms with E-state index in [-0.39, 0.29) is 11.5 Å². The number of benzene rings is 5. The first kappa shape index (κ1) is 16.1. The van der Waals surface area contributed by atoms with Gasteiger partial charge >= 0.3 is 0 Å². The molecular weight excluding hydrogens is 356 g/mol. The lowest BCUT2D eigenvalue weighted by atomic mass is 9.96. The molecule has 5 aromatic carbocycles. The second-order valence-electron chi connectivity index (χ2n) is 7.58. The Morgan fingerprint density at radius 1 is 0.483 bits per heavy atom. The summed E-state index contributed by atoms with van der Waals surface area (Å²) in [6.07, 6.45) is 0. The molecule has 0 aromatic heterocycles. The molecule has 29 heavy (non-hydrogen) atoms. The average molecular weight is 372 g/mol. The van der Waals surface area contributed by atoms with Crippen molar-refractivity contribution in [2.24, 2.45) is 0 Å². The van der Waals surface area contributed by atoms with Crippen molar-refractivity contribution in [2.45, 2.75) is 0 Å². The maximum atomic E-state index is 13.1. The van der Waals surface area contributed by atoms with Crippen LogP contribution in [-0.4, -0.2) is 10.9 Å². The summed E-state index contributed by atoms with van der Waals surface area (Å²) in [6.45, 7) is 0. The van der Waals surface area contributed by atoms with Crippen molar-refractivity contribution < 1.29 is 9.90 Å². The van der Waals surface area contributed by atoms with Crippen LogP contribution < -0.4 is 0 Å². The molecule has 0 bridgehead atoms. The molecule has 0 unspecified atom stereocenters. The quantitative estimate of drug-likeness (QED) is 0.354. The molecule has 0 aliphatic heterocycles. The van der Waals surface area contributed by atoms with E-state index in [0.29, 0.717) is 0 Å². The topological polar surface area (TPSA) is 37.3 Å². The molecule has 0 saturated carbocycles. The highest BCUT2D eigenvalue weighted by Gasteiger charge is 2.27. The molecule has 6 rings (SSSR count). The van der Waals surface area contributed by atoms with E-state index in [1.54, 1.807) is 12.1 Å². The van der Waals surface area contributed by atoms with Crippen LogP contribution in [0.4, 0.5) is 0 Å². The summed E-state index contributed by atoms with van der Waals surface area (Å²) in [7, 11) is 0. The van der Waals surface area contributed by atoms with E-state index in [9.17, 15) is 9.90 Å². The van der Waals surface area contributed by atoms with Crippen LogP contribution in [0.1, 0.15) is 15.9 Å². The number of aromatic hydroxyl groups is 1. The van der Waals surface area contributed by atoms with Gasteiger partial charge in [0, 0.05) is 11.1 Å². The predicted octanol–water partition coefficient (Wildman–Crippen LogP) is 6.58. The molecule has 2 nitrogen and oxygen atoms in total. The number of rotatable bonds is 1. The summed E-state index contributed by atoms with van der Waals surface area (Å²) in [6, 6.07) is 29.9. The van der Waals surface area contributed by atoms with Gasteiger partial charge in [-0.15, -0.1) is 0 Å². The van der Waals surface area contributed by atoms with E-state index in [0.717, 1.165) is 54.9 Å². The van der Waals surface area contributed by atoms with Gasteiger partial charge in [0.1, 0.15) is 5.75 Å². The van der Waals surface area contributed by atoms with E-state index in [1.165, 1.54) is 0 Å². The van der Waals surface area contributed by atoms with E-state index < -0.39 is 0 Å². The van der Waals surface area contributed by atoms with E-state index in [2.05, 4.69) is 36.4 Å². The van der Waals surface area contributed by atoms with Gasteiger partial charge in [0.05, 0.1) is 0 Å². The molecule has 1 N–H and O–H groups in total. The zero-order valence-electron chi connectivity index (χ0n) is 15.5. The summed E-state index contributed by atoms with van der Waals surface area (Å²) in [5, 5.41) is 14.1. The summed E-state index contributed by atoms with van der Waals surface area (Å²) >= 11 is 0. The van der Waals surface area contributed by atoms with E-state index in [4.69, 9.17) is 0 Å². The number of carbonyl (C=O) groups excluding carboxylic acids is 1. The van der Waals surface area contributed by atoms with Crippen molar-refractivity contribution in [3.05, 3.63) is 102 Å². The molecule has 0 atom stereocenters. The predicted molar refractivity (Wildman–Crippen MR) is 117 cm³/mol. The molecule has 0 fully saturated rings. The Balaban J connectivity index is 1.56. The summed E-state index contributed by atoms with van der Waals surface area (Å²) in [5.41, 5.74) is 5.53. The van der Waals surface area contributed by atoms with Crippen molar-refractivity contribution in [2.75, 3.05) is 0 Å². The van der Waals surface area contributed by atoms with Crippen molar-refractivity contribution in [1.82, 2.24) is 0 Å². The second-order valence-corrected chi connectivity index (χ2v) is 7.58. The van der Waals surface area contributed by atoms with Gasteiger partial charge in [0.15, 0.2) is 5.78 Å². The lowest BCUT2D eigenvalue weighted by Crippen LogP contribution is -1.95. The number of carbonyl (C=O) groups is 1. The van der Waals surface area contributed by atoms with Crippen LogP contribution in [0.3, 0.4) is 0 Å². The number of phenolic OH excluding ortho intramolecular Hbond substituents is 1. The van der Waals surface area contributed by atoms with E-state index >= 15 is 0 Å². The van der Waals surface area contributed by atoms with Crippen LogP contribution >= 0.6 is 0 Å². The molecule has 136 valence electrons. The van der Waals surface area contributed by atoms with Gasteiger partial charge in [-0.3, -0.25) is 4.79 Å². The smallest absolute Gasteiger partial charge is 0.194 e. The summed E-state index contributed by atoms with van der Waals surface area (Å²) < 4.78 is 0. The third-order valence-electron chi connectivity index (χ3n) is 5.82. The van der Waals surface area contributed by atoms with Crippen LogP contribution in [0.15, 0.2) is 91.0 Å². The molecule has 0 heterocycles. The van der Waals surface area contributed by atoms with Crippen LogP contribution in [0.25, 0.3) is 43.8 Å². The van der Waals surface area contributed by atoms with Crippen molar-refractivity contribution >= 4 is 27.3 Å². The molecule has 0 saturated heterocycles. The third kappa shape index (κ3) is 2.39. The minimum absolute atomic E-state index is 0.0883. The average Bonchev–Trinajstić information content (AvgIpc) is 3.01. The molecule has 0 spiro atoms. The first-order chi connectivity index (χ1) is 14.2. The molecule has 0 amide bonds. The molecule has 5 aromatic rings. The Morgan fingerprint density at radius 2 is 1.07 bits per heavy atom. The fourth-order valence-electron chi connectivity index (χ4n) is 4.37. The van der Waals surface area contributed by atoms with Crippen LogP contribution in [0.5, 0.6) is 5.75 Å². The van der Waals surface area contributed by atoms with Crippen molar-refractivity contribution in [3.63, 3.8) is 0 Å². The fraction of sp³-hybridized carbons (Fsp3) is 0. The van der Waals surface area contributed by atoms with Crippen molar-refractivity contribution in [1.29, 1.82) is 0 Å². The second kappa shape index (κ2) is 5.79. The van der Waals surface area contributed by atoms with Gasteiger partial charge in [-0.05, 0) is 86.3 Å². The molecule has 2 heteroatoms. The molecular formula is C27H16O2. The lowest BCUT2D eigenvalue weighted by molar-refractivity contribution is 0.104. The van der Waals surface area contributed by atoms with Crippen LogP contribution in [0, 0.1) is 0 Å². The number of fused-ring (bicyclic) bond motifs is 5. The highest BCUT2D eigenvalue weighted by atomic mass is 16.3. The molecule has 0 radical (unpaired) electrons. The Hall–Kier alpha value is -3.91. The fourth-order valence-corrected chi connectivity index (χ4v) is 4.37. The Bertz CT molecular complexity index is 1480. The zero-order valence-corrected chi connectivity index (χ0v) is 15.5. The van der Waals surface area contributed by atoms with E-state index in [1.807, 2.05) is 42.5 Å². The minimum Gasteiger partial charge on any atom is -0.508 e.